The van der Waals surface area contributed by atoms with Crippen LogP contribution in [0.4, 0.5) is 5.69 Å². The van der Waals surface area contributed by atoms with Crippen LogP contribution in [0.15, 0.2) is 78.9 Å². The van der Waals surface area contributed by atoms with Crippen LogP contribution in [0.5, 0.6) is 11.5 Å². The van der Waals surface area contributed by atoms with Gasteiger partial charge in [0, 0.05) is 11.6 Å². The highest BCUT2D eigenvalue weighted by molar-refractivity contribution is 6.07. The largest absolute Gasteiger partial charge is 0.494 e. The van der Waals surface area contributed by atoms with Crippen LogP contribution in [-0.4, -0.2) is 23.3 Å². The predicted octanol–water partition coefficient (Wildman–Crippen LogP) is 5.11. The molecule has 0 amide bonds. The Morgan fingerprint density at radius 1 is 0.903 bits per heavy atom. The lowest BCUT2D eigenvalue weighted by Gasteiger charge is -2.06. The molecular weight excluding hydrogens is 398 g/mol. The van der Waals surface area contributed by atoms with Crippen LogP contribution in [0.25, 0.3) is 6.08 Å². The maximum absolute atomic E-state index is 12.4. The van der Waals surface area contributed by atoms with Crippen LogP contribution in [0.1, 0.15) is 33.2 Å². The highest BCUT2D eigenvalue weighted by Crippen LogP contribution is 2.20. The summed E-state index contributed by atoms with van der Waals surface area (Å²) in [7, 11) is 0. The van der Waals surface area contributed by atoms with Crippen LogP contribution in [-0.2, 0) is 0 Å². The van der Waals surface area contributed by atoms with Gasteiger partial charge in [0.05, 0.1) is 22.7 Å². The third kappa shape index (κ3) is 5.63. The molecule has 7 heteroatoms. The maximum atomic E-state index is 12.4. The van der Waals surface area contributed by atoms with Gasteiger partial charge < -0.3 is 9.47 Å². The molecule has 0 aliphatic carbocycles. The Hall–Kier alpha value is -4.26. The van der Waals surface area contributed by atoms with E-state index in [-0.39, 0.29) is 17.2 Å². The van der Waals surface area contributed by atoms with E-state index in [4.69, 9.17) is 9.47 Å². The van der Waals surface area contributed by atoms with E-state index < -0.39 is 10.9 Å². The number of nitro groups is 1. The first kappa shape index (κ1) is 21.4. The van der Waals surface area contributed by atoms with Gasteiger partial charge in [-0.1, -0.05) is 12.1 Å². The smallest absolute Gasteiger partial charge is 0.343 e. The highest BCUT2D eigenvalue weighted by Gasteiger charge is 2.12. The number of ketones is 1. The van der Waals surface area contributed by atoms with E-state index in [1.807, 2.05) is 6.92 Å². The van der Waals surface area contributed by atoms with E-state index >= 15 is 0 Å². The average Bonchev–Trinajstić information content (AvgIpc) is 2.78. The Kier molecular flexibility index (Phi) is 6.90. The number of para-hydroxylation sites is 1. The molecule has 0 radical (unpaired) electrons. The zero-order valence-electron chi connectivity index (χ0n) is 16.7. The van der Waals surface area contributed by atoms with Crippen LogP contribution in [0.2, 0.25) is 0 Å². The number of esters is 1. The molecule has 0 aromatic heterocycles. The van der Waals surface area contributed by atoms with Crippen molar-refractivity contribution in [1.29, 1.82) is 0 Å². The van der Waals surface area contributed by atoms with Crippen molar-refractivity contribution in [3.63, 3.8) is 0 Å². The van der Waals surface area contributed by atoms with Crippen molar-refractivity contribution in [3.05, 3.63) is 106 Å². The second-order valence-electron chi connectivity index (χ2n) is 6.38. The molecule has 3 rings (SSSR count). The number of carbonyl (C=O) groups excluding carboxylic acids is 2. The third-order valence-corrected chi connectivity index (χ3v) is 4.30. The summed E-state index contributed by atoms with van der Waals surface area (Å²) in [5.41, 5.74) is 0.983. The van der Waals surface area contributed by atoms with E-state index in [0.717, 1.165) is 0 Å². The minimum Gasteiger partial charge on any atom is -0.494 e. The normalized spacial score (nSPS) is 10.6. The molecule has 0 fully saturated rings. The molecule has 0 saturated heterocycles. The highest BCUT2D eigenvalue weighted by atomic mass is 16.6. The minimum atomic E-state index is -0.529. The molecule has 7 nitrogen and oxygen atoms in total. The Morgan fingerprint density at radius 2 is 1.52 bits per heavy atom. The molecule has 3 aromatic carbocycles. The van der Waals surface area contributed by atoms with E-state index in [1.165, 1.54) is 42.5 Å². The second-order valence-corrected chi connectivity index (χ2v) is 6.38. The van der Waals surface area contributed by atoms with Crippen LogP contribution in [0, 0.1) is 10.1 Å². The molecule has 0 spiro atoms. The third-order valence-electron chi connectivity index (χ3n) is 4.30. The Morgan fingerprint density at radius 3 is 2.16 bits per heavy atom. The summed E-state index contributed by atoms with van der Waals surface area (Å²) >= 11 is 0. The maximum Gasteiger partial charge on any atom is 0.343 e. The summed E-state index contributed by atoms with van der Waals surface area (Å²) in [4.78, 5) is 35.2. The Balaban J connectivity index is 1.65. The molecule has 0 N–H and O–H groups in total. The summed E-state index contributed by atoms with van der Waals surface area (Å²) in [5.74, 6) is 0.0925. The van der Waals surface area contributed by atoms with Crippen molar-refractivity contribution in [3.8, 4) is 11.5 Å². The summed E-state index contributed by atoms with van der Waals surface area (Å²) in [6, 6.07) is 18.8. The lowest BCUT2D eigenvalue weighted by molar-refractivity contribution is -0.385. The lowest BCUT2D eigenvalue weighted by atomic mass is 10.1. The van der Waals surface area contributed by atoms with Gasteiger partial charge in [-0.15, -0.1) is 0 Å². The number of hydrogen-bond acceptors (Lipinski definition) is 6. The number of rotatable bonds is 8. The lowest BCUT2D eigenvalue weighted by Crippen LogP contribution is -2.08. The van der Waals surface area contributed by atoms with Gasteiger partial charge in [0.15, 0.2) is 5.78 Å². The van der Waals surface area contributed by atoms with E-state index in [2.05, 4.69) is 0 Å². The van der Waals surface area contributed by atoms with Gasteiger partial charge in [-0.05, 0) is 73.7 Å². The number of allylic oxidation sites excluding steroid dienone is 1. The SMILES string of the molecule is CCOc1ccc(C(=O)Oc2ccc(C(=O)/C=C/c3ccccc3[N+](=O)[O-])cc2)cc1. The van der Waals surface area contributed by atoms with Gasteiger partial charge in [-0.25, -0.2) is 4.79 Å². The van der Waals surface area contributed by atoms with Crippen molar-refractivity contribution >= 4 is 23.5 Å². The first-order chi connectivity index (χ1) is 15.0. The average molecular weight is 417 g/mol. The second kappa shape index (κ2) is 9.98. The van der Waals surface area contributed by atoms with Crippen LogP contribution >= 0.6 is 0 Å². The van der Waals surface area contributed by atoms with Gasteiger partial charge in [-0.3, -0.25) is 14.9 Å². The topological polar surface area (TPSA) is 95.7 Å². The van der Waals surface area contributed by atoms with Gasteiger partial charge >= 0.3 is 5.97 Å². The van der Waals surface area contributed by atoms with Crippen molar-refractivity contribution in [2.75, 3.05) is 6.61 Å². The monoisotopic (exact) mass is 417 g/mol. The first-order valence-corrected chi connectivity index (χ1v) is 9.49. The number of nitrogens with zero attached hydrogens (tertiary/aromatic N) is 1. The van der Waals surface area contributed by atoms with Crippen molar-refractivity contribution in [2.24, 2.45) is 0 Å². The fraction of sp³-hybridized carbons (Fsp3) is 0.0833. The van der Waals surface area contributed by atoms with Gasteiger partial charge in [0.1, 0.15) is 11.5 Å². The molecule has 0 unspecified atom stereocenters. The number of hydrogen-bond donors (Lipinski definition) is 0. The quantitative estimate of drug-likeness (QED) is 0.126. The van der Waals surface area contributed by atoms with Gasteiger partial charge in [-0.2, -0.15) is 0 Å². The Bertz CT molecular complexity index is 1120. The molecule has 0 heterocycles. The molecule has 0 aliphatic rings. The fourth-order valence-electron chi connectivity index (χ4n) is 2.76. The molecular formula is C24H19NO6. The molecule has 3 aromatic rings. The van der Waals surface area contributed by atoms with Crippen LogP contribution < -0.4 is 9.47 Å². The summed E-state index contributed by atoms with van der Waals surface area (Å²) in [5, 5.41) is 11.0. The fourth-order valence-corrected chi connectivity index (χ4v) is 2.76. The molecule has 156 valence electrons. The van der Waals surface area contributed by atoms with Crippen molar-refractivity contribution in [2.45, 2.75) is 6.92 Å². The predicted molar refractivity (Wildman–Crippen MR) is 115 cm³/mol. The summed E-state index contributed by atoms with van der Waals surface area (Å²) in [6.07, 6.45) is 2.67. The molecule has 0 bridgehead atoms. The number of ether oxygens (including phenoxy) is 2. The van der Waals surface area contributed by atoms with Gasteiger partial charge in [0.2, 0.25) is 0 Å². The molecule has 0 saturated carbocycles. The first-order valence-electron chi connectivity index (χ1n) is 9.49. The molecule has 0 atom stereocenters. The van der Waals surface area contributed by atoms with E-state index in [1.54, 1.807) is 42.5 Å². The minimum absolute atomic E-state index is 0.0805. The zero-order chi connectivity index (χ0) is 22.2. The van der Waals surface area contributed by atoms with Gasteiger partial charge in [0.25, 0.3) is 5.69 Å². The van der Waals surface area contributed by atoms with E-state index in [0.29, 0.717) is 29.0 Å². The molecule has 0 aliphatic heterocycles. The molecule has 31 heavy (non-hydrogen) atoms. The number of benzene rings is 3. The van der Waals surface area contributed by atoms with E-state index in [9.17, 15) is 19.7 Å². The standard InChI is InChI=1S/C24H19NO6/c1-2-30-20-12-9-19(10-13-20)24(27)31-21-14-7-18(8-15-21)23(26)16-11-17-5-3-4-6-22(17)25(28)29/h3-16H,2H2,1H3/b16-11+. The Labute approximate surface area is 178 Å². The van der Waals surface area contributed by atoms with Crippen molar-refractivity contribution < 1.29 is 24.0 Å². The van der Waals surface area contributed by atoms with Crippen LogP contribution in [0.3, 0.4) is 0 Å². The zero-order valence-corrected chi connectivity index (χ0v) is 16.7. The summed E-state index contributed by atoms with van der Waals surface area (Å²) in [6.45, 7) is 2.41. The van der Waals surface area contributed by atoms with Crippen molar-refractivity contribution in [1.82, 2.24) is 0 Å². The number of nitro benzene ring substituents is 1. The number of carbonyl (C=O) groups is 2. The summed E-state index contributed by atoms with van der Waals surface area (Å²) < 4.78 is 10.7.